The van der Waals surface area contributed by atoms with Crippen LogP contribution in [0.25, 0.3) is 0 Å². The van der Waals surface area contributed by atoms with Gasteiger partial charge < -0.3 is 10.4 Å². The van der Waals surface area contributed by atoms with Gasteiger partial charge >= 0.3 is 6.18 Å². The summed E-state index contributed by atoms with van der Waals surface area (Å²) in [5.74, 6) is -0.105. The molecule has 1 aromatic rings. The fourth-order valence-corrected chi connectivity index (χ4v) is 3.16. The van der Waals surface area contributed by atoms with Crippen LogP contribution < -0.4 is 5.32 Å². The first-order chi connectivity index (χ1) is 11.1. The quantitative estimate of drug-likeness (QED) is 0.882. The first-order valence-corrected chi connectivity index (χ1v) is 7.97. The van der Waals surface area contributed by atoms with E-state index in [1.165, 1.54) is 26.0 Å². The van der Waals surface area contributed by atoms with Gasteiger partial charge in [0.15, 0.2) is 0 Å². The number of nitrogens with zero attached hydrogens (tertiary/aromatic N) is 1. The van der Waals surface area contributed by atoms with E-state index in [9.17, 15) is 23.1 Å². The number of nitrogens with one attached hydrogen (secondary N) is 1. The van der Waals surface area contributed by atoms with Gasteiger partial charge in [-0.1, -0.05) is 12.1 Å². The van der Waals surface area contributed by atoms with Crippen molar-refractivity contribution in [2.24, 2.45) is 0 Å². The van der Waals surface area contributed by atoms with E-state index >= 15 is 0 Å². The molecule has 1 fully saturated rings. The summed E-state index contributed by atoms with van der Waals surface area (Å²) in [4.78, 5) is 13.1. The van der Waals surface area contributed by atoms with E-state index in [0.29, 0.717) is 6.54 Å². The number of amides is 1. The Bertz CT molecular complexity index is 587. The molecule has 2 unspecified atom stereocenters. The molecular weight excluding hydrogens is 321 g/mol. The second-order valence-corrected chi connectivity index (χ2v) is 6.63. The van der Waals surface area contributed by atoms with Crippen LogP contribution in [-0.4, -0.2) is 41.6 Å². The summed E-state index contributed by atoms with van der Waals surface area (Å²) in [6.07, 6.45) is -2.71. The van der Waals surface area contributed by atoms with E-state index in [2.05, 4.69) is 5.32 Å². The van der Waals surface area contributed by atoms with E-state index in [1.807, 2.05) is 4.90 Å². The monoisotopic (exact) mass is 344 g/mol. The highest BCUT2D eigenvalue weighted by atomic mass is 19.4. The molecule has 1 aliphatic heterocycles. The molecule has 1 saturated heterocycles. The minimum atomic E-state index is -4.44. The SMILES string of the molecule is CC(=O)NC1CCCN(CC(C)(O)c2cccc(C(F)(F)F)c2)C1. The third-order valence-corrected chi connectivity index (χ3v) is 4.26. The molecule has 1 heterocycles. The number of alkyl halides is 3. The Morgan fingerprint density at radius 2 is 2.04 bits per heavy atom. The number of aliphatic hydroxyl groups is 1. The lowest BCUT2D eigenvalue weighted by molar-refractivity contribution is -0.137. The predicted octanol–water partition coefficient (Wildman–Crippen LogP) is 2.51. The topological polar surface area (TPSA) is 52.6 Å². The summed E-state index contributed by atoms with van der Waals surface area (Å²) >= 11 is 0. The second-order valence-electron chi connectivity index (χ2n) is 6.63. The Balaban J connectivity index is 2.09. The lowest BCUT2D eigenvalue weighted by Crippen LogP contribution is -2.50. The maximum atomic E-state index is 12.9. The van der Waals surface area contributed by atoms with E-state index in [1.54, 1.807) is 0 Å². The Morgan fingerprint density at radius 3 is 2.67 bits per heavy atom. The minimum Gasteiger partial charge on any atom is -0.384 e. The molecule has 0 saturated carbocycles. The third-order valence-electron chi connectivity index (χ3n) is 4.26. The van der Waals surface area contributed by atoms with Crippen molar-refractivity contribution in [1.29, 1.82) is 0 Å². The molecule has 0 aliphatic carbocycles. The molecule has 1 amide bonds. The van der Waals surface area contributed by atoms with Crippen LogP contribution in [-0.2, 0) is 16.6 Å². The average molecular weight is 344 g/mol. The average Bonchev–Trinajstić information content (AvgIpc) is 2.45. The number of β-amino-alcohol motifs (C(OH)–C–C–N with tert-alkyl or cyclic N) is 1. The van der Waals surface area contributed by atoms with Gasteiger partial charge in [-0.3, -0.25) is 9.69 Å². The number of halogens is 3. The van der Waals surface area contributed by atoms with E-state index < -0.39 is 17.3 Å². The Labute approximate surface area is 139 Å². The number of hydrogen-bond donors (Lipinski definition) is 2. The van der Waals surface area contributed by atoms with Crippen molar-refractivity contribution in [2.45, 2.75) is 44.5 Å². The zero-order valence-electron chi connectivity index (χ0n) is 13.9. The van der Waals surface area contributed by atoms with E-state index in [0.717, 1.165) is 31.5 Å². The highest BCUT2D eigenvalue weighted by molar-refractivity contribution is 5.73. The molecule has 1 aromatic carbocycles. The molecule has 2 rings (SSSR count). The first-order valence-electron chi connectivity index (χ1n) is 7.97. The summed E-state index contributed by atoms with van der Waals surface area (Å²) < 4.78 is 38.6. The van der Waals surface area contributed by atoms with Gasteiger partial charge in [-0.25, -0.2) is 0 Å². The first kappa shape index (κ1) is 18.7. The Hall–Kier alpha value is -1.60. The van der Waals surface area contributed by atoms with Crippen LogP contribution in [0.3, 0.4) is 0 Å². The van der Waals surface area contributed by atoms with Crippen LogP contribution >= 0.6 is 0 Å². The third kappa shape index (κ3) is 4.95. The van der Waals surface area contributed by atoms with Crippen molar-refractivity contribution < 1.29 is 23.1 Å². The number of benzene rings is 1. The van der Waals surface area contributed by atoms with Gasteiger partial charge in [0.1, 0.15) is 0 Å². The number of piperidine rings is 1. The summed E-state index contributed by atoms with van der Waals surface area (Å²) in [5, 5.41) is 13.6. The van der Waals surface area contributed by atoms with Gasteiger partial charge in [-0.05, 0) is 44.0 Å². The smallest absolute Gasteiger partial charge is 0.384 e. The van der Waals surface area contributed by atoms with Crippen molar-refractivity contribution in [2.75, 3.05) is 19.6 Å². The van der Waals surface area contributed by atoms with Gasteiger partial charge in [0.2, 0.25) is 5.91 Å². The number of carbonyl (C=O) groups is 1. The largest absolute Gasteiger partial charge is 0.416 e. The van der Waals surface area contributed by atoms with Gasteiger partial charge in [-0.2, -0.15) is 13.2 Å². The molecule has 134 valence electrons. The normalized spacial score (nSPS) is 22.0. The highest BCUT2D eigenvalue weighted by Gasteiger charge is 2.34. The summed E-state index contributed by atoms with van der Waals surface area (Å²) in [6.45, 7) is 4.51. The summed E-state index contributed by atoms with van der Waals surface area (Å²) in [6, 6.07) is 4.81. The fourth-order valence-electron chi connectivity index (χ4n) is 3.16. The molecule has 0 aromatic heterocycles. The standard InChI is InChI=1S/C17H23F3N2O2/c1-12(23)21-15-7-4-8-22(10-15)11-16(2,24)13-5-3-6-14(9-13)17(18,19)20/h3,5-6,9,15,24H,4,7-8,10-11H2,1-2H3,(H,21,23). The Kier molecular flexibility index (Phi) is 5.55. The maximum Gasteiger partial charge on any atom is 0.416 e. The highest BCUT2D eigenvalue weighted by Crippen LogP contribution is 2.32. The van der Waals surface area contributed by atoms with Crippen molar-refractivity contribution in [1.82, 2.24) is 10.2 Å². The van der Waals surface area contributed by atoms with Crippen LogP contribution in [0, 0.1) is 0 Å². The van der Waals surface area contributed by atoms with E-state index in [4.69, 9.17) is 0 Å². The van der Waals surface area contributed by atoms with Crippen LogP contribution in [0.15, 0.2) is 24.3 Å². The fraction of sp³-hybridized carbons (Fsp3) is 0.588. The van der Waals surface area contributed by atoms with Crippen LogP contribution in [0.4, 0.5) is 13.2 Å². The van der Waals surface area contributed by atoms with Crippen LogP contribution in [0.1, 0.15) is 37.8 Å². The molecule has 0 spiro atoms. The minimum absolute atomic E-state index is 0.00793. The molecule has 2 N–H and O–H groups in total. The number of hydrogen-bond acceptors (Lipinski definition) is 3. The molecule has 1 aliphatic rings. The van der Waals surface area contributed by atoms with E-state index in [-0.39, 0.29) is 24.1 Å². The van der Waals surface area contributed by atoms with Gasteiger partial charge in [-0.15, -0.1) is 0 Å². The number of rotatable bonds is 4. The molecule has 2 atom stereocenters. The van der Waals surface area contributed by atoms with Gasteiger partial charge in [0.05, 0.1) is 11.2 Å². The molecule has 4 nitrogen and oxygen atoms in total. The maximum absolute atomic E-state index is 12.9. The van der Waals surface area contributed by atoms with Crippen molar-refractivity contribution >= 4 is 5.91 Å². The molecule has 24 heavy (non-hydrogen) atoms. The zero-order valence-corrected chi connectivity index (χ0v) is 13.9. The van der Waals surface area contributed by atoms with Crippen molar-refractivity contribution in [3.05, 3.63) is 35.4 Å². The summed E-state index contributed by atoms with van der Waals surface area (Å²) in [7, 11) is 0. The van der Waals surface area contributed by atoms with Gasteiger partial charge in [0.25, 0.3) is 0 Å². The molecule has 0 bridgehead atoms. The van der Waals surface area contributed by atoms with Crippen LogP contribution in [0.2, 0.25) is 0 Å². The van der Waals surface area contributed by atoms with Crippen molar-refractivity contribution in [3.8, 4) is 0 Å². The number of carbonyl (C=O) groups excluding carboxylic acids is 1. The zero-order chi connectivity index (χ0) is 18.0. The van der Waals surface area contributed by atoms with Crippen molar-refractivity contribution in [3.63, 3.8) is 0 Å². The van der Waals surface area contributed by atoms with Crippen LogP contribution in [0.5, 0.6) is 0 Å². The second kappa shape index (κ2) is 7.11. The molecule has 7 heteroatoms. The lowest BCUT2D eigenvalue weighted by atomic mass is 9.92. The predicted molar refractivity (Wildman–Crippen MR) is 84.3 cm³/mol. The number of likely N-dealkylation sites (tertiary alicyclic amines) is 1. The summed E-state index contributed by atoms with van der Waals surface area (Å²) in [5.41, 5.74) is -1.94. The molecule has 0 radical (unpaired) electrons. The van der Waals surface area contributed by atoms with Gasteiger partial charge in [0, 0.05) is 26.1 Å². The molecular formula is C17H23F3N2O2. The lowest BCUT2D eigenvalue weighted by Gasteiger charge is -2.37. The Morgan fingerprint density at radius 1 is 1.38 bits per heavy atom.